The minimum Gasteiger partial charge on any atom is -0.496 e. The Labute approximate surface area is 124 Å². The van der Waals surface area contributed by atoms with E-state index < -0.39 is 0 Å². The van der Waals surface area contributed by atoms with Crippen LogP contribution in [0.15, 0.2) is 17.4 Å². The SMILES string of the molecule is COc1cc(OC)c(CN2CCN(N=O)CC2)c(OC)c1. The van der Waals surface area contributed by atoms with Gasteiger partial charge in [-0.25, -0.2) is 0 Å². The van der Waals surface area contributed by atoms with E-state index in [1.165, 1.54) is 0 Å². The number of hydrogen-bond donors (Lipinski definition) is 0. The van der Waals surface area contributed by atoms with Gasteiger partial charge < -0.3 is 14.2 Å². The van der Waals surface area contributed by atoms with E-state index in [-0.39, 0.29) is 0 Å². The number of hydrogen-bond acceptors (Lipinski definition) is 6. The lowest BCUT2D eigenvalue weighted by molar-refractivity contribution is 0.127. The van der Waals surface area contributed by atoms with Crippen molar-refractivity contribution in [3.05, 3.63) is 22.6 Å². The Balaban J connectivity index is 2.17. The molecule has 1 aliphatic rings. The molecule has 0 spiro atoms. The molecule has 21 heavy (non-hydrogen) atoms. The molecule has 1 aromatic carbocycles. The van der Waals surface area contributed by atoms with Crippen LogP contribution in [0.2, 0.25) is 0 Å². The Morgan fingerprint density at radius 3 is 2.00 bits per heavy atom. The summed E-state index contributed by atoms with van der Waals surface area (Å²) in [5, 5.41) is 4.51. The largest absolute Gasteiger partial charge is 0.496 e. The molecule has 1 heterocycles. The van der Waals surface area contributed by atoms with Crippen LogP contribution in [0.3, 0.4) is 0 Å². The molecule has 1 saturated heterocycles. The predicted molar refractivity (Wildman–Crippen MR) is 78.7 cm³/mol. The molecular weight excluding hydrogens is 274 g/mol. The van der Waals surface area contributed by atoms with E-state index in [9.17, 15) is 4.91 Å². The van der Waals surface area contributed by atoms with Crippen molar-refractivity contribution in [3.63, 3.8) is 0 Å². The van der Waals surface area contributed by atoms with Gasteiger partial charge in [0, 0.05) is 31.8 Å². The third-order valence-corrected chi connectivity index (χ3v) is 3.66. The van der Waals surface area contributed by atoms with E-state index in [2.05, 4.69) is 10.2 Å². The summed E-state index contributed by atoms with van der Waals surface area (Å²) in [7, 11) is 4.87. The lowest BCUT2D eigenvalue weighted by atomic mass is 10.1. The van der Waals surface area contributed by atoms with E-state index in [0.29, 0.717) is 25.4 Å². The standard InChI is InChI=1S/C14H21N3O4/c1-19-11-8-13(20-2)12(14(9-11)21-3)10-16-4-6-17(15-18)7-5-16/h8-9H,4-7,10H2,1-3H3. The fraction of sp³-hybridized carbons (Fsp3) is 0.571. The van der Waals surface area contributed by atoms with Gasteiger partial charge in [0.25, 0.3) is 0 Å². The Morgan fingerprint density at radius 1 is 1.00 bits per heavy atom. The van der Waals surface area contributed by atoms with Crippen molar-refractivity contribution in [1.82, 2.24) is 9.91 Å². The fourth-order valence-electron chi connectivity index (χ4n) is 2.43. The van der Waals surface area contributed by atoms with E-state index >= 15 is 0 Å². The number of ether oxygens (including phenoxy) is 3. The summed E-state index contributed by atoms with van der Waals surface area (Å²) in [6.45, 7) is 3.55. The third-order valence-electron chi connectivity index (χ3n) is 3.66. The van der Waals surface area contributed by atoms with Gasteiger partial charge in [0.15, 0.2) is 0 Å². The molecule has 0 atom stereocenters. The molecule has 1 aliphatic heterocycles. The highest BCUT2D eigenvalue weighted by molar-refractivity contribution is 5.50. The van der Waals surface area contributed by atoms with Crippen molar-refractivity contribution in [2.24, 2.45) is 5.29 Å². The highest BCUT2D eigenvalue weighted by Gasteiger charge is 2.20. The lowest BCUT2D eigenvalue weighted by Gasteiger charge is -2.31. The maximum atomic E-state index is 10.5. The Kier molecular flexibility index (Phi) is 5.21. The van der Waals surface area contributed by atoms with Crippen LogP contribution < -0.4 is 14.2 Å². The molecule has 0 aromatic heterocycles. The maximum absolute atomic E-state index is 10.5. The first kappa shape index (κ1) is 15.4. The smallest absolute Gasteiger partial charge is 0.130 e. The van der Waals surface area contributed by atoms with Gasteiger partial charge in [0.05, 0.1) is 45.3 Å². The summed E-state index contributed by atoms with van der Waals surface area (Å²) < 4.78 is 16.1. The van der Waals surface area contributed by atoms with Crippen LogP contribution in [0.4, 0.5) is 0 Å². The van der Waals surface area contributed by atoms with E-state index in [1.807, 2.05) is 12.1 Å². The molecule has 0 N–H and O–H groups in total. The summed E-state index contributed by atoms with van der Waals surface area (Å²) in [6, 6.07) is 3.70. The normalized spacial score (nSPS) is 15.7. The molecule has 0 amide bonds. The van der Waals surface area contributed by atoms with Crippen molar-refractivity contribution in [3.8, 4) is 17.2 Å². The Morgan fingerprint density at radius 2 is 1.57 bits per heavy atom. The Hall–Kier alpha value is -2.02. The minimum atomic E-state index is 0.643. The van der Waals surface area contributed by atoms with Crippen molar-refractivity contribution in [2.75, 3.05) is 47.5 Å². The molecule has 7 nitrogen and oxygen atoms in total. The minimum absolute atomic E-state index is 0.643. The molecule has 0 saturated carbocycles. The molecule has 1 fully saturated rings. The predicted octanol–water partition coefficient (Wildman–Crippen LogP) is 1.51. The molecule has 0 unspecified atom stereocenters. The van der Waals surface area contributed by atoms with Crippen molar-refractivity contribution in [1.29, 1.82) is 0 Å². The van der Waals surface area contributed by atoms with Crippen molar-refractivity contribution >= 4 is 0 Å². The second-order valence-corrected chi connectivity index (χ2v) is 4.82. The molecular formula is C14H21N3O4. The third kappa shape index (κ3) is 3.55. The second-order valence-electron chi connectivity index (χ2n) is 4.82. The van der Waals surface area contributed by atoms with Gasteiger partial charge in [-0.05, 0) is 0 Å². The van der Waals surface area contributed by atoms with E-state index in [0.717, 1.165) is 30.2 Å². The molecule has 1 aromatic rings. The van der Waals surface area contributed by atoms with Crippen LogP contribution in [0.5, 0.6) is 17.2 Å². The van der Waals surface area contributed by atoms with Gasteiger partial charge in [-0.15, -0.1) is 4.91 Å². The first-order valence-electron chi connectivity index (χ1n) is 6.81. The van der Waals surface area contributed by atoms with Crippen LogP contribution in [0.25, 0.3) is 0 Å². The fourth-order valence-corrected chi connectivity index (χ4v) is 2.43. The second kappa shape index (κ2) is 7.12. The van der Waals surface area contributed by atoms with Crippen LogP contribution in [0, 0.1) is 4.91 Å². The monoisotopic (exact) mass is 295 g/mol. The lowest BCUT2D eigenvalue weighted by Crippen LogP contribution is -2.43. The van der Waals surface area contributed by atoms with Gasteiger partial charge in [0.2, 0.25) is 0 Å². The number of benzene rings is 1. The first-order valence-corrected chi connectivity index (χ1v) is 6.81. The summed E-state index contributed by atoms with van der Waals surface area (Å²) in [5.74, 6) is 2.17. The van der Waals surface area contributed by atoms with Gasteiger partial charge in [-0.2, -0.15) is 0 Å². The van der Waals surface area contributed by atoms with Crippen molar-refractivity contribution < 1.29 is 14.2 Å². The number of nitrogens with zero attached hydrogens (tertiary/aromatic N) is 3. The number of nitroso groups, excluding NO2 is 1. The van der Waals surface area contributed by atoms with Crippen LogP contribution in [-0.2, 0) is 6.54 Å². The van der Waals surface area contributed by atoms with Crippen LogP contribution >= 0.6 is 0 Å². The summed E-state index contributed by atoms with van der Waals surface area (Å²) in [4.78, 5) is 12.7. The molecule has 0 bridgehead atoms. The molecule has 0 radical (unpaired) electrons. The van der Waals surface area contributed by atoms with Crippen molar-refractivity contribution in [2.45, 2.75) is 6.54 Å². The molecule has 0 aliphatic carbocycles. The topological polar surface area (TPSA) is 63.6 Å². The summed E-state index contributed by atoms with van der Waals surface area (Å²) in [6.07, 6.45) is 0. The highest BCUT2D eigenvalue weighted by atomic mass is 16.5. The molecule has 116 valence electrons. The average Bonchev–Trinajstić information content (AvgIpc) is 2.55. The van der Waals surface area contributed by atoms with Gasteiger partial charge in [0.1, 0.15) is 17.2 Å². The number of rotatable bonds is 6. The first-order chi connectivity index (χ1) is 10.2. The molecule has 7 heteroatoms. The quantitative estimate of drug-likeness (QED) is 0.741. The average molecular weight is 295 g/mol. The zero-order valence-corrected chi connectivity index (χ0v) is 12.7. The van der Waals surface area contributed by atoms with E-state index in [1.54, 1.807) is 26.3 Å². The summed E-state index contributed by atoms with van der Waals surface area (Å²) in [5.41, 5.74) is 0.980. The zero-order valence-electron chi connectivity index (χ0n) is 12.7. The number of piperazine rings is 1. The molecule has 2 rings (SSSR count). The van der Waals surface area contributed by atoms with Crippen LogP contribution in [-0.4, -0.2) is 57.4 Å². The highest BCUT2D eigenvalue weighted by Crippen LogP contribution is 2.35. The Bertz CT molecular complexity index is 462. The van der Waals surface area contributed by atoms with Gasteiger partial charge in [-0.1, -0.05) is 0 Å². The van der Waals surface area contributed by atoms with Gasteiger partial charge >= 0.3 is 0 Å². The van der Waals surface area contributed by atoms with Crippen LogP contribution in [0.1, 0.15) is 5.56 Å². The number of methoxy groups -OCH3 is 3. The van der Waals surface area contributed by atoms with E-state index in [4.69, 9.17) is 14.2 Å². The summed E-state index contributed by atoms with van der Waals surface area (Å²) >= 11 is 0. The zero-order chi connectivity index (χ0) is 15.2. The maximum Gasteiger partial charge on any atom is 0.130 e. The van der Waals surface area contributed by atoms with Gasteiger partial charge in [-0.3, -0.25) is 9.91 Å².